The summed E-state index contributed by atoms with van der Waals surface area (Å²) in [5.74, 6) is 1.89. The first-order valence-electron chi connectivity index (χ1n) is 8.35. The van der Waals surface area contributed by atoms with E-state index in [9.17, 15) is 0 Å². The van der Waals surface area contributed by atoms with Crippen LogP contribution in [-0.4, -0.2) is 18.3 Å². The molecule has 0 saturated heterocycles. The summed E-state index contributed by atoms with van der Waals surface area (Å²) in [5.41, 5.74) is 1.65. The summed E-state index contributed by atoms with van der Waals surface area (Å²) in [6.45, 7) is 14.8. The van der Waals surface area contributed by atoms with Crippen molar-refractivity contribution in [3.8, 4) is 0 Å². The molecule has 0 fully saturated rings. The second kappa shape index (κ2) is 8.85. The molecule has 1 aromatic rings. The van der Waals surface area contributed by atoms with Gasteiger partial charge in [0.25, 0.3) is 0 Å². The third kappa shape index (κ3) is 6.44. The number of rotatable bonds is 8. The van der Waals surface area contributed by atoms with Gasteiger partial charge < -0.3 is 5.32 Å². The molecule has 0 amide bonds. The Morgan fingerprint density at radius 2 is 1.71 bits per heavy atom. The highest BCUT2D eigenvalue weighted by Crippen LogP contribution is 2.27. The second-order valence-corrected chi connectivity index (χ2v) is 8.12. The standard InChI is InChI=1S/C19H33NS/c1-7-13-20-18(15(3)8-2)14-21-17-11-9-16(10-12-17)19(4,5)6/h9-12,15,18,20H,7-8,13-14H2,1-6H3. The summed E-state index contributed by atoms with van der Waals surface area (Å²) in [4.78, 5) is 1.38. The zero-order valence-electron chi connectivity index (χ0n) is 14.7. The van der Waals surface area contributed by atoms with E-state index in [0.29, 0.717) is 6.04 Å². The van der Waals surface area contributed by atoms with Gasteiger partial charge in [0.2, 0.25) is 0 Å². The molecule has 0 bridgehead atoms. The number of thioether (sulfide) groups is 1. The minimum Gasteiger partial charge on any atom is -0.313 e. The summed E-state index contributed by atoms with van der Waals surface area (Å²) in [6, 6.07) is 9.72. The highest BCUT2D eigenvalue weighted by Gasteiger charge is 2.16. The fourth-order valence-electron chi connectivity index (χ4n) is 2.28. The van der Waals surface area contributed by atoms with Crippen molar-refractivity contribution in [2.45, 2.75) is 70.7 Å². The lowest BCUT2D eigenvalue weighted by molar-refractivity contribution is 0.397. The first-order valence-corrected chi connectivity index (χ1v) is 9.33. The van der Waals surface area contributed by atoms with Crippen molar-refractivity contribution < 1.29 is 0 Å². The Kier molecular flexibility index (Phi) is 7.83. The quantitative estimate of drug-likeness (QED) is 0.637. The van der Waals surface area contributed by atoms with Crippen molar-refractivity contribution in [3.63, 3.8) is 0 Å². The maximum absolute atomic E-state index is 3.71. The average Bonchev–Trinajstić information content (AvgIpc) is 2.46. The summed E-state index contributed by atoms with van der Waals surface area (Å²) >= 11 is 1.98. The topological polar surface area (TPSA) is 12.0 Å². The van der Waals surface area contributed by atoms with Crippen molar-refractivity contribution in [1.29, 1.82) is 0 Å². The van der Waals surface area contributed by atoms with Crippen molar-refractivity contribution in [2.75, 3.05) is 12.3 Å². The molecule has 21 heavy (non-hydrogen) atoms. The molecule has 0 radical (unpaired) electrons. The summed E-state index contributed by atoms with van der Waals surface area (Å²) < 4.78 is 0. The smallest absolute Gasteiger partial charge is 0.0187 e. The Bertz CT molecular complexity index is 391. The zero-order valence-corrected chi connectivity index (χ0v) is 15.5. The molecule has 1 nitrogen and oxygen atoms in total. The van der Waals surface area contributed by atoms with Crippen molar-refractivity contribution in [3.05, 3.63) is 29.8 Å². The first kappa shape index (κ1) is 18.6. The summed E-state index contributed by atoms with van der Waals surface area (Å²) in [7, 11) is 0. The molecule has 0 saturated carbocycles. The van der Waals surface area contributed by atoms with Crippen molar-refractivity contribution in [1.82, 2.24) is 5.32 Å². The number of nitrogens with one attached hydrogen (secondary N) is 1. The SMILES string of the molecule is CCCNC(CSc1ccc(C(C)(C)C)cc1)C(C)CC. The lowest BCUT2D eigenvalue weighted by Crippen LogP contribution is -2.37. The third-order valence-corrected chi connectivity index (χ3v) is 5.27. The van der Waals surface area contributed by atoms with Crippen LogP contribution in [0.2, 0.25) is 0 Å². The molecule has 2 heteroatoms. The monoisotopic (exact) mass is 307 g/mol. The van der Waals surface area contributed by atoms with Crippen LogP contribution in [-0.2, 0) is 5.41 Å². The molecule has 0 aliphatic rings. The van der Waals surface area contributed by atoms with Gasteiger partial charge in [0.15, 0.2) is 0 Å². The summed E-state index contributed by atoms with van der Waals surface area (Å²) in [5, 5.41) is 3.71. The fraction of sp³-hybridized carbons (Fsp3) is 0.684. The van der Waals surface area contributed by atoms with Gasteiger partial charge >= 0.3 is 0 Å². The van der Waals surface area contributed by atoms with Crippen LogP contribution < -0.4 is 5.32 Å². The van der Waals surface area contributed by atoms with Crippen LogP contribution in [0.15, 0.2) is 29.2 Å². The second-order valence-electron chi connectivity index (χ2n) is 7.03. The Hall–Kier alpha value is -0.470. The normalized spacial score (nSPS) is 15.0. The first-order chi connectivity index (χ1) is 9.88. The molecule has 0 aliphatic carbocycles. The van der Waals surface area contributed by atoms with Gasteiger partial charge in [0.1, 0.15) is 0 Å². The molecular weight excluding hydrogens is 274 g/mol. The Balaban J connectivity index is 2.59. The molecule has 0 aliphatic heterocycles. The van der Waals surface area contributed by atoms with E-state index < -0.39 is 0 Å². The summed E-state index contributed by atoms with van der Waals surface area (Å²) in [6.07, 6.45) is 2.45. The van der Waals surface area contributed by atoms with E-state index in [4.69, 9.17) is 0 Å². The molecule has 1 N–H and O–H groups in total. The molecule has 2 atom stereocenters. The van der Waals surface area contributed by atoms with E-state index in [1.165, 1.54) is 23.3 Å². The highest BCUT2D eigenvalue weighted by atomic mass is 32.2. The number of hydrogen-bond donors (Lipinski definition) is 1. The minimum atomic E-state index is 0.241. The predicted molar refractivity (Wildman–Crippen MR) is 97.4 cm³/mol. The molecule has 2 unspecified atom stereocenters. The van der Waals surface area contributed by atoms with Crippen LogP contribution in [0.3, 0.4) is 0 Å². The van der Waals surface area contributed by atoms with Gasteiger partial charge in [-0.25, -0.2) is 0 Å². The molecule has 0 aromatic heterocycles. The molecule has 1 rings (SSSR count). The van der Waals surface area contributed by atoms with Gasteiger partial charge in [0, 0.05) is 16.7 Å². The molecule has 120 valence electrons. The fourth-order valence-corrected chi connectivity index (χ4v) is 3.42. The Labute approximate surface area is 136 Å². The maximum atomic E-state index is 3.71. The van der Waals surface area contributed by atoms with Gasteiger partial charge in [-0.15, -0.1) is 11.8 Å². The maximum Gasteiger partial charge on any atom is 0.0187 e. The lowest BCUT2D eigenvalue weighted by Gasteiger charge is -2.24. The van der Waals surface area contributed by atoms with E-state index in [0.717, 1.165) is 18.2 Å². The lowest BCUT2D eigenvalue weighted by atomic mass is 9.87. The Morgan fingerprint density at radius 1 is 1.10 bits per heavy atom. The van der Waals surface area contributed by atoms with Crippen LogP contribution in [0.1, 0.15) is 59.9 Å². The van der Waals surface area contributed by atoms with Gasteiger partial charge in [0.05, 0.1) is 0 Å². The van der Waals surface area contributed by atoms with E-state index >= 15 is 0 Å². The molecule has 0 heterocycles. The van der Waals surface area contributed by atoms with E-state index in [1.807, 2.05) is 11.8 Å². The largest absolute Gasteiger partial charge is 0.313 e. The highest BCUT2D eigenvalue weighted by molar-refractivity contribution is 7.99. The predicted octanol–water partition coefficient (Wildman–Crippen LogP) is 5.49. The van der Waals surface area contributed by atoms with Crippen molar-refractivity contribution in [2.24, 2.45) is 5.92 Å². The van der Waals surface area contributed by atoms with E-state index in [-0.39, 0.29) is 5.41 Å². The molecule has 0 spiro atoms. The molecular formula is C19H33NS. The third-order valence-electron chi connectivity index (χ3n) is 4.14. The van der Waals surface area contributed by atoms with Crippen LogP contribution in [0.25, 0.3) is 0 Å². The number of benzene rings is 1. The van der Waals surface area contributed by atoms with Crippen LogP contribution >= 0.6 is 11.8 Å². The van der Waals surface area contributed by atoms with Crippen LogP contribution in [0, 0.1) is 5.92 Å². The minimum absolute atomic E-state index is 0.241. The van der Waals surface area contributed by atoms with Gasteiger partial charge in [-0.3, -0.25) is 0 Å². The number of hydrogen-bond acceptors (Lipinski definition) is 2. The van der Waals surface area contributed by atoms with E-state index in [2.05, 4.69) is 71.1 Å². The Morgan fingerprint density at radius 3 is 2.19 bits per heavy atom. The molecule has 1 aromatic carbocycles. The van der Waals surface area contributed by atoms with Crippen LogP contribution in [0.5, 0.6) is 0 Å². The average molecular weight is 308 g/mol. The van der Waals surface area contributed by atoms with Gasteiger partial charge in [-0.2, -0.15) is 0 Å². The van der Waals surface area contributed by atoms with Gasteiger partial charge in [-0.05, 0) is 42.0 Å². The van der Waals surface area contributed by atoms with Crippen LogP contribution in [0.4, 0.5) is 0 Å². The zero-order chi connectivity index (χ0) is 15.9. The van der Waals surface area contributed by atoms with Crippen molar-refractivity contribution >= 4 is 11.8 Å². The van der Waals surface area contributed by atoms with E-state index in [1.54, 1.807) is 0 Å². The van der Waals surface area contributed by atoms with Gasteiger partial charge in [-0.1, -0.05) is 60.1 Å².